The van der Waals surface area contributed by atoms with Gasteiger partial charge in [-0.15, -0.1) is 0 Å². The third-order valence-corrected chi connectivity index (χ3v) is 4.49. The quantitative estimate of drug-likeness (QED) is 0.842. The second kappa shape index (κ2) is 7.40. The summed E-state index contributed by atoms with van der Waals surface area (Å²) in [5, 5.41) is 19.4. The zero-order valence-electron chi connectivity index (χ0n) is 11.5. The normalized spacial score (nSPS) is 34.1. The van der Waals surface area contributed by atoms with E-state index in [9.17, 15) is 10.2 Å². The summed E-state index contributed by atoms with van der Waals surface area (Å²) in [5.74, 6) is 0. The van der Waals surface area contributed by atoms with Crippen molar-refractivity contribution in [3.63, 3.8) is 0 Å². The van der Waals surface area contributed by atoms with E-state index in [-0.39, 0.29) is 12.0 Å². The first-order chi connectivity index (χ1) is 9.71. The molecule has 1 aliphatic heterocycles. The van der Waals surface area contributed by atoms with E-state index in [1.807, 2.05) is 30.3 Å². The van der Waals surface area contributed by atoms with Gasteiger partial charge in [-0.2, -0.15) is 0 Å². The first-order valence-electron chi connectivity index (χ1n) is 6.43. The van der Waals surface area contributed by atoms with Gasteiger partial charge in [-0.25, -0.2) is 0 Å². The molecule has 0 aromatic heterocycles. The van der Waals surface area contributed by atoms with Crippen molar-refractivity contribution < 1.29 is 24.4 Å². The first-order valence-corrected chi connectivity index (χ1v) is 7.31. The topological polar surface area (TPSA) is 68.2 Å². The number of methoxy groups -OCH3 is 2. The molecule has 20 heavy (non-hydrogen) atoms. The second-order valence-electron chi connectivity index (χ2n) is 4.55. The minimum atomic E-state index is -0.914. The van der Waals surface area contributed by atoms with Gasteiger partial charge in [0, 0.05) is 19.1 Å². The molecule has 1 saturated heterocycles. The van der Waals surface area contributed by atoms with Crippen molar-refractivity contribution in [3.8, 4) is 0 Å². The molecule has 0 aliphatic carbocycles. The van der Waals surface area contributed by atoms with Crippen molar-refractivity contribution in [1.82, 2.24) is 0 Å². The molecule has 6 heteroatoms. The molecule has 0 spiro atoms. The van der Waals surface area contributed by atoms with Crippen LogP contribution in [0.15, 0.2) is 35.2 Å². The van der Waals surface area contributed by atoms with Crippen molar-refractivity contribution in [2.24, 2.45) is 0 Å². The Kier molecular flexibility index (Phi) is 5.83. The summed E-state index contributed by atoms with van der Waals surface area (Å²) in [6.45, 7) is -0.261. The maximum absolute atomic E-state index is 10.1. The Bertz CT molecular complexity index is 402. The number of rotatable bonds is 5. The van der Waals surface area contributed by atoms with E-state index < -0.39 is 24.4 Å². The summed E-state index contributed by atoms with van der Waals surface area (Å²) in [5.41, 5.74) is -0.354. The van der Waals surface area contributed by atoms with Crippen LogP contribution >= 0.6 is 11.8 Å². The molecule has 0 amide bonds. The van der Waals surface area contributed by atoms with Gasteiger partial charge in [-0.1, -0.05) is 30.0 Å². The van der Waals surface area contributed by atoms with Crippen molar-refractivity contribution in [2.45, 2.75) is 34.7 Å². The average Bonchev–Trinajstić information content (AvgIpc) is 2.49. The van der Waals surface area contributed by atoms with E-state index in [1.54, 1.807) is 7.11 Å². The Labute approximate surface area is 122 Å². The molecule has 0 saturated carbocycles. The highest BCUT2D eigenvalue weighted by molar-refractivity contribution is 7.99. The molecular formula is C14H20O5S. The van der Waals surface area contributed by atoms with Gasteiger partial charge in [0.1, 0.15) is 29.9 Å². The standard InChI is InChI=1S/C14H20O5S/c1-17-12-11(16)10(8-15)19-14(13(12)18-2)20-9-6-4-3-5-7-9/h3-7,10-16H,8H2,1-2H3/t10-,11-,12+,13-,14+/m1/s1. The number of thioether (sulfide) groups is 1. The smallest absolute Gasteiger partial charge is 0.137 e. The minimum absolute atomic E-state index is 0.261. The predicted octanol–water partition coefficient (Wildman–Crippen LogP) is 0.887. The molecule has 2 rings (SSSR count). The van der Waals surface area contributed by atoms with Gasteiger partial charge in [0.05, 0.1) is 6.61 Å². The van der Waals surface area contributed by atoms with Gasteiger partial charge in [0.2, 0.25) is 0 Å². The number of aliphatic hydroxyl groups is 2. The van der Waals surface area contributed by atoms with E-state index in [4.69, 9.17) is 14.2 Å². The second-order valence-corrected chi connectivity index (χ2v) is 5.72. The van der Waals surface area contributed by atoms with Crippen LogP contribution in [0.1, 0.15) is 0 Å². The Balaban J connectivity index is 2.16. The van der Waals surface area contributed by atoms with Gasteiger partial charge in [-0.3, -0.25) is 0 Å². The zero-order valence-corrected chi connectivity index (χ0v) is 12.3. The Hall–Kier alpha value is -0.630. The van der Waals surface area contributed by atoms with Crippen LogP contribution in [0.4, 0.5) is 0 Å². The van der Waals surface area contributed by atoms with Gasteiger partial charge in [-0.05, 0) is 12.1 Å². The van der Waals surface area contributed by atoms with E-state index in [0.29, 0.717) is 0 Å². The number of hydrogen-bond acceptors (Lipinski definition) is 6. The van der Waals surface area contributed by atoms with Gasteiger partial charge in [0.25, 0.3) is 0 Å². The fourth-order valence-corrected chi connectivity index (χ4v) is 3.47. The van der Waals surface area contributed by atoms with Crippen LogP contribution in [0.2, 0.25) is 0 Å². The number of hydrogen-bond donors (Lipinski definition) is 2. The number of benzene rings is 1. The summed E-state index contributed by atoms with van der Waals surface area (Å²) >= 11 is 1.49. The van der Waals surface area contributed by atoms with E-state index in [2.05, 4.69) is 0 Å². The molecule has 1 fully saturated rings. The van der Waals surface area contributed by atoms with E-state index in [1.165, 1.54) is 18.9 Å². The fraction of sp³-hybridized carbons (Fsp3) is 0.571. The van der Waals surface area contributed by atoms with Crippen LogP contribution < -0.4 is 0 Å². The van der Waals surface area contributed by atoms with Crippen LogP contribution in [0.25, 0.3) is 0 Å². The zero-order chi connectivity index (χ0) is 14.5. The van der Waals surface area contributed by atoms with Crippen molar-refractivity contribution in [3.05, 3.63) is 30.3 Å². The maximum atomic E-state index is 10.1. The monoisotopic (exact) mass is 300 g/mol. The lowest BCUT2D eigenvalue weighted by Crippen LogP contribution is -2.58. The molecule has 0 unspecified atom stereocenters. The molecule has 0 bridgehead atoms. The Morgan fingerprint density at radius 2 is 1.80 bits per heavy atom. The summed E-state index contributed by atoms with van der Waals surface area (Å²) in [6.07, 6.45) is -2.54. The summed E-state index contributed by atoms with van der Waals surface area (Å²) in [7, 11) is 3.08. The van der Waals surface area contributed by atoms with Gasteiger partial charge < -0.3 is 24.4 Å². The molecule has 1 aromatic carbocycles. The number of ether oxygens (including phenoxy) is 3. The predicted molar refractivity (Wildman–Crippen MR) is 75.6 cm³/mol. The highest BCUT2D eigenvalue weighted by atomic mass is 32.2. The Morgan fingerprint density at radius 3 is 2.35 bits per heavy atom. The van der Waals surface area contributed by atoms with E-state index in [0.717, 1.165) is 4.90 Å². The Morgan fingerprint density at radius 1 is 1.15 bits per heavy atom. The lowest BCUT2D eigenvalue weighted by atomic mass is 10.00. The lowest BCUT2D eigenvalue weighted by molar-refractivity contribution is -0.220. The molecule has 1 heterocycles. The van der Waals surface area contributed by atoms with Crippen molar-refractivity contribution in [1.29, 1.82) is 0 Å². The highest BCUT2D eigenvalue weighted by Crippen LogP contribution is 2.35. The van der Waals surface area contributed by atoms with Crippen molar-refractivity contribution >= 4 is 11.8 Å². The maximum Gasteiger partial charge on any atom is 0.137 e. The molecule has 5 nitrogen and oxygen atoms in total. The average molecular weight is 300 g/mol. The summed E-state index contributed by atoms with van der Waals surface area (Å²) in [4.78, 5) is 1.03. The first kappa shape index (κ1) is 15.8. The number of aliphatic hydroxyl groups excluding tert-OH is 2. The van der Waals surface area contributed by atoms with Gasteiger partial charge in [0.15, 0.2) is 0 Å². The third kappa shape index (κ3) is 3.33. The fourth-order valence-electron chi connectivity index (χ4n) is 2.29. The largest absolute Gasteiger partial charge is 0.394 e. The summed E-state index contributed by atoms with van der Waals surface area (Å²) in [6, 6.07) is 9.78. The SMILES string of the molecule is CO[C@@H]1[C@@H](OC)[C@H](O)[C@@H](CO)O[C@H]1Sc1ccccc1. The van der Waals surface area contributed by atoms with Crippen LogP contribution in [0.3, 0.4) is 0 Å². The van der Waals surface area contributed by atoms with Gasteiger partial charge >= 0.3 is 0 Å². The van der Waals surface area contributed by atoms with Crippen LogP contribution in [0.5, 0.6) is 0 Å². The molecule has 112 valence electrons. The molecule has 5 atom stereocenters. The molecular weight excluding hydrogens is 280 g/mol. The molecule has 0 radical (unpaired) electrons. The minimum Gasteiger partial charge on any atom is -0.394 e. The summed E-state index contributed by atoms with van der Waals surface area (Å²) < 4.78 is 16.5. The third-order valence-electron chi connectivity index (χ3n) is 3.34. The van der Waals surface area contributed by atoms with E-state index >= 15 is 0 Å². The van der Waals surface area contributed by atoms with Crippen LogP contribution in [-0.4, -0.2) is 60.9 Å². The molecule has 1 aliphatic rings. The van der Waals surface area contributed by atoms with Crippen molar-refractivity contribution in [2.75, 3.05) is 20.8 Å². The molecule has 2 N–H and O–H groups in total. The highest BCUT2D eigenvalue weighted by Gasteiger charge is 2.46. The van der Waals surface area contributed by atoms with Crippen LogP contribution in [-0.2, 0) is 14.2 Å². The molecule has 1 aromatic rings. The lowest BCUT2D eigenvalue weighted by Gasteiger charge is -2.42. The van der Waals surface area contributed by atoms with Crippen LogP contribution in [0, 0.1) is 0 Å².